The predicted octanol–water partition coefficient (Wildman–Crippen LogP) is 4.96. The highest BCUT2D eigenvalue weighted by Gasteiger charge is 2.23. The molecule has 0 aliphatic carbocycles. The van der Waals surface area contributed by atoms with Crippen molar-refractivity contribution in [2.24, 2.45) is 0 Å². The lowest BCUT2D eigenvalue weighted by molar-refractivity contribution is -0.145. The second-order valence-electron chi connectivity index (χ2n) is 3.94. The quantitative estimate of drug-likeness (QED) is 0.768. The molecule has 6 heteroatoms. The largest absolute Gasteiger partial charge is 0.478 e. The number of halogens is 3. The van der Waals surface area contributed by atoms with E-state index in [-0.39, 0.29) is 10.8 Å². The van der Waals surface area contributed by atoms with Gasteiger partial charge in [0.15, 0.2) is 0 Å². The molecule has 0 aliphatic rings. The van der Waals surface area contributed by atoms with E-state index in [2.05, 4.69) is 15.9 Å². The zero-order valence-corrected chi connectivity index (χ0v) is 13.1. The normalized spacial score (nSPS) is 11.9. The summed E-state index contributed by atoms with van der Waals surface area (Å²) < 4.78 is 6.11. The Kier molecular flexibility index (Phi) is 4.91. The van der Waals surface area contributed by atoms with Gasteiger partial charge in [0, 0.05) is 16.1 Å². The number of benzene rings is 2. The first kappa shape index (κ1) is 15.2. The molecule has 104 valence electrons. The Bertz CT molecular complexity index is 632. The highest BCUT2D eigenvalue weighted by Crippen LogP contribution is 2.36. The first-order chi connectivity index (χ1) is 9.49. The molecule has 0 saturated carbocycles. The van der Waals surface area contributed by atoms with E-state index in [1.807, 2.05) is 0 Å². The fourth-order valence-corrected chi connectivity index (χ4v) is 2.45. The number of carbonyl (C=O) groups is 1. The van der Waals surface area contributed by atoms with Gasteiger partial charge >= 0.3 is 5.97 Å². The number of rotatable bonds is 4. The molecule has 20 heavy (non-hydrogen) atoms. The van der Waals surface area contributed by atoms with Crippen molar-refractivity contribution in [2.75, 3.05) is 0 Å². The summed E-state index contributed by atoms with van der Waals surface area (Å²) in [6.45, 7) is 0. The van der Waals surface area contributed by atoms with Crippen molar-refractivity contribution in [2.45, 2.75) is 6.10 Å². The number of hydrogen-bond acceptors (Lipinski definition) is 2. The molecule has 2 aromatic carbocycles. The van der Waals surface area contributed by atoms with Crippen molar-refractivity contribution >= 4 is 45.1 Å². The third-order valence-corrected chi connectivity index (χ3v) is 4.04. The zero-order chi connectivity index (χ0) is 14.7. The van der Waals surface area contributed by atoms with E-state index < -0.39 is 12.1 Å². The molecule has 0 bridgehead atoms. The number of carboxylic acids is 1. The maximum absolute atomic E-state index is 11.4. The van der Waals surface area contributed by atoms with Gasteiger partial charge in [-0.1, -0.05) is 53.5 Å². The van der Waals surface area contributed by atoms with E-state index in [0.29, 0.717) is 15.1 Å². The highest BCUT2D eigenvalue weighted by molar-refractivity contribution is 9.10. The van der Waals surface area contributed by atoms with E-state index in [1.54, 1.807) is 36.4 Å². The standard InChI is InChI=1S/C14H9BrCl2O3/c15-9-6-11(17)12(7-10(9)16)20-13(14(18)19)8-4-2-1-3-5-8/h1-7,13H,(H,18,19). The molecular formula is C14H9BrCl2O3. The predicted molar refractivity (Wildman–Crippen MR) is 81.6 cm³/mol. The lowest BCUT2D eigenvalue weighted by atomic mass is 10.1. The first-order valence-electron chi connectivity index (χ1n) is 5.58. The summed E-state index contributed by atoms with van der Waals surface area (Å²) in [5, 5.41) is 9.96. The molecular weight excluding hydrogens is 367 g/mol. The van der Waals surface area contributed by atoms with Crippen molar-refractivity contribution < 1.29 is 14.6 Å². The van der Waals surface area contributed by atoms with Crippen LogP contribution in [0.1, 0.15) is 11.7 Å². The van der Waals surface area contributed by atoms with Crippen LogP contribution in [0.3, 0.4) is 0 Å². The minimum absolute atomic E-state index is 0.219. The van der Waals surface area contributed by atoms with Crippen LogP contribution >= 0.6 is 39.1 Å². The van der Waals surface area contributed by atoms with Crippen LogP contribution in [0.15, 0.2) is 46.9 Å². The minimum atomic E-state index is -1.15. The van der Waals surface area contributed by atoms with Gasteiger partial charge in [0.1, 0.15) is 5.75 Å². The van der Waals surface area contributed by atoms with Gasteiger partial charge < -0.3 is 9.84 Å². The van der Waals surface area contributed by atoms with Crippen molar-refractivity contribution in [3.8, 4) is 5.75 Å². The van der Waals surface area contributed by atoms with Crippen molar-refractivity contribution in [3.05, 3.63) is 62.5 Å². The molecule has 2 rings (SSSR count). The topological polar surface area (TPSA) is 46.5 Å². The third kappa shape index (κ3) is 3.45. The molecule has 0 heterocycles. The monoisotopic (exact) mass is 374 g/mol. The molecule has 0 aliphatic heterocycles. The summed E-state index contributed by atoms with van der Waals surface area (Å²) in [4.78, 5) is 11.4. The van der Waals surface area contributed by atoms with Crippen LogP contribution in [-0.2, 0) is 4.79 Å². The van der Waals surface area contributed by atoms with Crippen LogP contribution in [0, 0.1) is 0 Å². The molecule has 0 radical (unpaired) electrons. The SMILES string of the molecule is O=C(O)C(Oc1cc(Cl)c(Br)cc1Cl)c1ccccc1. The zero-order valence-electron chi connectivity index (χ0n) is 10.0. The van der Waals surface area contributed by atoms with Gasteiger partial charge in [-0.3, -0.25) is 0 Å². The molecule has 0 fully saturated rings. The Morgan fingerprint density at radius 3 is 2.40 bits per heavy atom. The third-order valence-electron chi connectivity index (χ3n) is 2.55. The van der Waals surface area contributed by atoms with E-state index in [1.165, 1.54) is 6.07 Å². The van der Waals surface area contributed by atoms with Gasteiger partial charge in [-0.2, -0.15) is 0 Å². The van der Waals surface area contributed by atoms with Crippen LogP contribution in [0.25, 0.3) is 0 Å². The smallest absolute Gasteiger partial charge is 0.349 e. The Morgan fingerprint density at radius 1 is 1.15 bits per heavy atom. The van der Waals surface area contributed by atoms with E-state index >= 15 is 0 Å². The Balaban J connectivity index is 2.35. The molecule has 1 atom stereocenters. The summed E-state index contributed by atoms with van der Waals surface area (Å²) in [6.07, 6.45) is -1.15. The fraction of sp³-hybridized carbons (Fsp3) is 0.0714. The van der Waals surface area contributed by atoms with Gasteiger partial charge in [-0.15, -0.1) is 0 Å². The van der Waals surface area contributed by atoms with E-state index in [0.717, 1.165) is 0 Å². The lowest BCUT2D eigenvalue weighted by Crippen LogP contribution is -2.18. The van der Waals surface area contributed by atoms with E-state index in [9.17, 15) is 9.90 Å². The minimum Gasteiger partial charge on any atom is -0.478 e. The van der Waals surface area contributed by atoms with E-state index in [4.69, 9.17) is 27.9 Å². The Morgan fingerprint density at radius 2 is 1.80 bits per heavy atom. The maximum atomic E-state index is 11.4. The summed E-state index contributed by atoms with van der Waals surface area (Å²) in [7, 11) is 0. The van der Waals surface area contributed by atoms with Crippen molar-refractivity contribution in [3.63, 3.8) is 0 Å². The number of aliphatic carboxylic acids is 1. The Labute approximate surface area is 134 Å². The highest BCUT2D eigenvalue weighted by atomic mass is 79.9. The van der Waals surface area contributed by atoms with Gasteiger partial charge in [-0.25, -0.2) is 4.79 Å². The molecule has 3 nitrogen and oxygen atoms in total. The lowest BCUT2D eigenvalue weighted by Gasteiger charge is -2.17. The number of hydrogen-bond donors (Lipinski definition) is 1. The maximum Gasteiger partial charge on any atom is 0.349 e. The summed E-state index contributed by atoms with van der Waals surface area (Å²) >= 11 is 15.2. The van der Waals surface area contributed by atoms with Crippen LogP contribution in [0.2, 0.25) is 10.0 Å². The number of carboxylic acid groups (broad SMARTS) is 1. The molecule has 0 spiro atoms. The van der Waals surface area contributed by atoms with Crippen LogP contribution in [0.5, 0.6) is 5.75 Å². The molecule has 1 unspecified atom stereocenters. The molecule has 2 aromatic rings. The van der Waals surface area contributed by atoms with Crippen LogP contribution < -0.4 is 4.74 Å². The van der Waals surface area contributed by atoms with Gasteiger partial charge in [0.2, 0.25) is 6.10 Å². The number of ether oxygens (including phenoxy) is 1. The second kappa shape index (κ2) is 6.48. The second-order valence-corrected chi connectivity index (χ2v) is 5.61. The van der Waals surface area contributed by atoms with Crippen LogP contribution in [-0.4, -0.2) is 11.1 Å². The summed E-state index contributed by atoms with van der Waals surface area (Å²) in [5.74, 6) is -0.887. The molecule has 0 saturated heterocycles. The fourth-order valence-electron chi connectivity index (χ4n) is 1.61. The van der Waals surface area contributed by atoms with Crippen molar-refractivity contribution in [1.82, 2.24) is 0 Å². The van der Waals surface area contributed by atoms with Crippen molar-refractivity contribution in [1.29, 1.82) is 0 Å². The molecule has 1 N–H and O–H groups in total. The molecule has 0 aromatic heterocycles. The van der Waals surface area contributed by atoms with Gasteiger partial charge in [-0.05, 0) is 22.0 Å². The van der Waals surface area contributed by atoms with Gasteiger partial charge in [0.25, 0.3) is 0 Å². The first-order valence-corrected chi connectivity index (χ1v) is 7.13. The Hall–Kier alpha value is -1.23. The van der Waals surface area contributed by atoms with Crippen LogP contribution in [0.4, 0.5) is 0 Å². The van der Waals surface area contributed by atoms with Gasteiger partial charge in [0.05, 0.1) is 10.0 Å². The summed E-state index contributed by atoms with van der Waals surface area (Å²) in [6, 6.07) is 11.7. The summed E-state index contributed by atoms with van der Waals surface area (Å²) in [5.41, 5.74) is 0.523. The average molecular weight is 376 g/mol. The molecule has 0 amide bonds. The average Bonchev–Trinajstić information content (AvgIpc) is 2.42.